The second-order valence-corrected chi connectivity index (χ2v) is 6.66. The summed E-state index contributed by atoms with van der Waals surface area (Å²) < 4.78 is 0. The van der Waals surface area contributed by atoms with E-state index < -0.39 is 0 Å². The topological polar surface area (TPSA) is 46.7 Å². The van der Waals surface area contributed by atoms with Crippen molar-refractivity contribution in [2.45, 2.75) is 0 Å². The van der Waals surface area contributed by atoms with Gasteiger partial charge in [0.1, 0.15) is 0 Å². The molecule has 0 amide bonds. The third-order valence-electron chi connectivity index (χ3n) is 4.50. The maximum Gasteiger partial charge on any atom is 0.178 e. The maximum atomic E-state index is 6.06. The molecule has 0 unspecified atom stereocenters. The highest BCUT2D eigenvalue weighted by atomic mass is 35.5. The van der Waals surface area contributed by atoms with Gasteiger partial charge in [-0.25, -0.2) is 0 Å². The van der Waals surface area contributed by atoms with Crippen LogP contribution in [0.3, 0.4) is 0 Å². The second-order valence-electron chi connectivity index (χ2n) is 6.22. The lowest BCUT2D eigenvalue weighted by Crippen LogP contribution is -2.44. The first-order valence-electron chi connectivity index (χ1n) is 8.62. The van der Waals surface area contributed by atoms with Crippen LogP contribution >= 0.6 is 11.6 Å². The Hall–Kier alpha value is -3.44. The normalized spacial score (nSPS) is 13.7. The van der Waals surface area contributed by atoms with Crippen molar-refractivity contribution in [3.05, 3.63) is 95.6 Å². The van der Waals surface area contributed by atoms with E-state index in [1.165, 1.54) is 0 Å². The van der Waals surface area contributed by atoms with Crippen LogP contribution in [0.4, 0.5) is 11.4 Å². The largest absolute Gasteiger partial charge is 0.360 e. The molecule has 1 aliphatic rings. The van der Waals surface area contributed by atoms with Crippen LogP contribution in [0.1, 0.15) is 5.56 Å². The number of nitrogens with zero attached hydrogens (tertiary/aromatic N) is 3. The average molecular weight is 374 g/mol. The first-order valence-corrected chi connectivity index (χ1v) is 9.00. The average Bonchev–Trinajstić information content (AvgIpc) is 3.33. The Labute approximate surface area is 161 Å². The Morgan fingerprint density at radius 2 is 1.52 bits per heavy atom. The van der Waals surface area contributed by atoms with Crippen LogP contribution in [0, 0.1) is 0 Å². The van der Waals surface area contributed by atoms with E-state index in [1.54, 1.807) is 0 Å². The zero-order valence-electron chi connectivity index (χ0n) is 14.3. The molecule has 6 heteroatoms. The molecule has 1 aliphatic heterocycles. The van der Waals surface area contributed by atoms with E-state index >= 15 is 0 Å². The number of anilines is 2. The lowest BCUT2D eigenvalue weighted by molar-refractivity contribution is 0.771. The van der Waals surface area contributed by atoms with Crippen LogP contribution in [0.15, 0.2) is 90.2 Å². The van der Waals surface area contributed by atoms with E-state index in [-0.39, 0.29) is 0 Å². The quantitative estimate of drug-likeness (QED) is 0.535. The standard InChI is InChI=1S/C21H16ClN5/c22-15-10-12-17(13-11-15)27-25-21(24-26(27)16-6-2-1-3-7-16)19-14-23-20-9-5-4-8-18(19)20/h1-14,23H,(H,24,25). The fourth-order valence-corrected chi connectivity index (χ4v) is 3.31. The lowest BCUT2D eigenvalue weighted by atomic mass is 10.1. The van der Waals surface area contributed by atoms with Crippen molar-refractivity contribution in [2.75, 3.05) is 10.2 Å². The molecule has 0 saturated heterocycles. The van der Waals surface area contributed by atoms with Crippen molar-refractivity contribution in [2.24, 2.45) is 5.10 Å². The highest BCUT2D eigenvalue weighted by Gasteiger charge is 2.27. The summed E-state index contributed by atoms with van der Waals surface area (Å²) in [5.41, 5.74) is 7.40. The molecule has 0 spiro atoms. The molecule has 2 N–H and O–H groups in total. The van der Waals surface area contributed by atoms with Gasteiger partial charge in [-0.3, -0.25) is 5.43 Å². The summed E-state index contributed by atoms with van der Waals surface area (Å²) in [5, 5.41) is 10.4. The van der Waals surface area contributed by atoms with Crippen LogP contribution in [-0.2, 0) is 0 Å². The molecule has 0 bridgehead atoms. The Balaban J connectivity index is 1.60. The molecule has 4 aromatic rings. The third kappa shape index (κ3) is 2.78. The van der Waals surface area contributed by atoms with Gasteiger partial charge in [-0.15, -0.1) is 5.10 Å². The molecule has 0 saturated carbocycles. The molecule has 3 aromatic carbocycles. The molecule has 5 nitrogen and oxygen atoms in total. The van der Waals surface area contributed by atoms with Crippen LogP contribution in [0.5, 0.6) is 0 Å². The van der Waals surface area contributed by atoms with Crippen molar-refractivity contribution >= 4 is 39.7 Å². The maximum absolute atomic E-state index is 6.06. The number of benzene rings is 3. The van der Waals surface area contributed by atoms with Gasteiger partial charge in [0.05, 0.1) is 11.4 Å². The van der Waals surface area contributed by atoms with Crippen molar-refractivity contribution in [3.63, 3.8) is 0 Å². The van der Waals surface area contributed by atoms with Crippen LogP contribution in [0.2, 0.25) is 5.02 Å². The van der Waals surface area contributed by atoms with Crippen LogP contribution in [-0.4, -0.2) is 10.8 Å². The van der Waals surface area contributed by atoms with Gasteiger partial charge >= 0.3 is 0 Å². The number of nitrogens with one attached hydrogen (secondary N) is 2. The lowest BCUT2D eigenvalue weighted by Gasteiger charge is -2.27. The zero-order chi connectivity index (χ0) is 18.2. The molecule has 2 heterocycles. The monoisotopic (exact) mass is 373 g/mol. The van der Waals surface area contributed by atoms with Gasteiger partial charge in [-0.2, -0.15) is 10.2 Å². The SMILES string of the molecule is Clc1ccc(N2NC(c3c[nH]c4ccccc34)=NN2c2ccccc2)cc1. The highest BCUT2D eigenvalue weighted by Crippen LogP contribution is 2.28. The van der Waals surface area contributed by atoms with Crippen molar-refractivity contribution < 1.29 is 0 Å². The number of aromatic nitrogens is 1. The summed E-state index contributed by atoms with van der Waals surface area (Å²) in [6, 6.07) is 25.9. The van der Waals surface area contributed by atoms with Crippen LogP contribution in [0.25, 0.3) is 10.9 Å². The summed E-state index contributed by atoms with van der Waals surface area (Å²) in [6.07, 6.45) is 1.98. The number of para-hydroxylation sites is 2. The Morgan fingerprint density at radius 1 is 0.778 bits per heavy atom. The summed E-state index contributed by atoms with van der Waals surface area (Å²) in [6.45, 7) is 0. The van der Waals surface area contributed by atoms with Crippen molar-refractivity contribution in [1.82, 2.24) is 10.4 Å². The number of H-pyrrole nitrogens is 1. The van der Waals surface area contributed by atoms with Crippen molar-refractivity contribution in [1.29, 1.82) is 0 Å². The number of hydrogen-bond donors (Lipinski definition) is 2. The van der Waals surface area contributed by atoms with Crippen LogP contribution < -0.4 is 15.7 Å². The number of hydrogen-bond acceptors (Lipinski definition) is 4. The Kier molecular flexibility index (Phi) is 3.73. The van der Waals surface area contributed by atoms with Gasteiger partial charge < -0.3 is 4.98 Å². The summed E-state index contributed by atoms with van der Waals surface area (Å²) in [4.78, 5) is 3.31. The molecule has 0 atom stereocenters. The third-order valence-corrected chi connectivity index (χ3v) is 4.75. The predicted molar refractivity (Wildman–Crippen MR) is 111 cm³/mol. The van der Waals surface area contributed by atoms with Gasteiger partial charge in [0.15, 0.2) is 5.84 Å². The zero-order valence-corrected chi connectivity index (χ0v) is 15.1. The van der Waals surface area contributed by atoms with E-state index in [2.05, 4.69) is 22.5 Å². The molecule has 0 aliphatic carbocycles. The van der Waals surface area contributed by atoms with E-state index in [1.807, 2.05) is 83.2 Å². The summed E-state index contributed by atoms with van der Waals surface area (Å²) in [7, 11) is 0. The van der Waals surface area contributed by atoms with E-state index in [0.29, 0.717) is 5.02 Å². The Morgan fingerprint density at radius 3 is 2.33 bits per heavy atom. The molecular formula is C21H16ClN5. The number of hydrazine groups is 2. The molecule has 0 fully saturated rings. The van der Waals surface area contributed by atoms with Gasteiger partial charge in [-0.05, 0) is 42.5 Å². The first kappa shape index (κ1) is 15.8. The van der Waals surface area contributed by atoms with Gasteiger partial charge in [0, 0.05) is 27.7 Å². The number of fused-ring (bicyclic) bond motifs is 1. The number of rotatable bonds is 3. The Bertz CT molecular complexity index is 1120. The molecular weight excluding hydrogens is 358 g/mol. The summed E-state index contributed by atoms with van der Waals surface area (Å²) in [5.74, 6) is 0.770. The number of aromatic amines is 1. The fraction of sp³-hybridized carbons (Fsp3) is 0. The molecule has 1 aromatic heterocycles. The molecule has 0 radical (unpaired) electrons. The number of halogens is 1. The molecule has 27 heavy (non-hydrogen) atoms. The minimum Gasteiger partial charge on any atom is -0.360 e. The predicted octanol–water partition coefficient (Wildman–Crippen LogP) is 4.93. The van der Waals surface area contributed by atoms with Crippen molar-refractivity contribution in [3.8, 4) is 0 Å². The highest BCUT2D eigenvalue weighted by molar-refractivity contribution is 6.30. The van der Waals surface area contributed by atoms with E-state index in [4.69, 9.17) is 16.7 Å². The van der Waals surface area contributed by atoms with Gasteiger partial charge in [-0.1, -0.05) is 48.0 Å². The number of hydrazone groups is 1. The minimum absolute atomic E-state index is 0.696. The van der Waals surface area contributed by atoms with E-state index in [0.717, 1.165) is 33.7 Å². The second kappa shape index (κ2) is 6.37. The minimum atomic E-state index is 0.696. The van der Waals surface area contributed by atoms with Gasteiger partial charge in [0.25, 0.3) is 0 Å². The molecule has 132 valence electrons. The van der Waals surface area contributed by atoms with Gasteiger partial charge in [0.2, 0.25) is 0 Å². The first-order chi connectivity index (χ1) is 13.3. The number of amidine groups is 1. The smallest absolute Gasteiger partial charge is 0.178 e. The van der Waals surface area contributed by atoms with E-state index in [9.17, 15) is 0 Å². The fourth-order valence-electron chi connectivity index (χ4n) is 3.18. The summed E-state index contributed by atoms with van der Waals surface area (Å²) >= 11 is 6.06. The molecule has 5 rings (SSSR count).